The third kappa shape index (κ3) is 5.43. The number of nitro benzene ring substituents is 1. The molecule has 0 aliphatic heterocycles. The number of rotatable bonds is 7. The summed E-state index contributed by atoms with van der Waals surface area (Å²) in [6.07, 6.45) is 0. The molecule has 10 heteroatoms. The average molecular weight is 473 g/mol. The zero-order valence-corrected chi connectivity index (χ0v) is 19.2. The normalized spacial score (nSPS) is 11.8. The summed E-state index contributed by atoms with van der Waals surface area (Å²) in [5.74, 6) is 0. The van der Waals surface area contributed by atoms with Gasteiger partial charge in [-0.25, -0.2) is 8.42 Å². The van der Waals surface area contributed by atoms with Crippen LogP contribution in [0.5, 0.6) is 0 Å². The van der Waals surface area contributed by atoms with Crippen LogP contribution in [0, 0.1) is 24.0 Å². The van der Waals surface area contributed by atoms with E-state index in [1.807, 2.05) is 32.0 Å². The maximum absolute atomic E-state index is 12.7. The molecular formula is C22H21ClN4O4S. The van der Waals surface area contributed by atoms with E-state index in [0.29, 0.717) is 10.7 Å². The fourth-order valence-electron chi connectivity index (χ4n) is 2.83. The molecule has 166 valence electrons. The molecule has 0 aromatic heterocycles. The summed E-state index contributed by atoms with van der Waals surface area (Å²) in [4.78, 5) is 10.7. The van der Waals surface area contributed by atoms with Crippen molar-refractivity contribution >= 4 is 44.4 Å². The van der Waals surface area contributed by atoms with Gasteiger partial charge in [-0.3, -0.25) is 20.3 Å². The molecule has 0 unspecified atom stereocenters. The Labute approximate surface area is 191 Å². The molecule has 2 N–H and O–H groups in total. The number of nitro groups is 1. The van der Waals surface area contributed by atoms with Crippen LogP contribution in [0.25, 0.3) is 0 Å². The smallest absolute Gasteiger partial charge is 0.280 e. The van der Waals surface area contributed by atoms with Gasteiger partial charge in [-0.05, 0) is 79.9 Å². The fraction of sp³-hybridized carbons (Fsp3) is 0.136. The lowest BCUT2D eigenvalue weighted by Crippen LogP contribution is -2.13. The van der Waals surface area contributed by atoms with E-state index in [2.05, 4.69) is 15.2 Å². The van der Waals surface area contributed by atoms with E-state index >= 15 is 0 Å². The molecule has 0 spiro atoms. The van der Waals surface area contributed by atoms with Gasteiger partial charge in [0, 0.05) is 16.8 Å². The summed E-state index contributed by atoms with van der Waals surface area (Å²) >= 11 is 5.81. The number of hydrogen-bond acceptors (Lipinski definition) is 6. The number of sulfonamides is 1. The Hall–Kier alpha value is -3.43. The van der Waals surface area contributed by atoms with Crippen LogP contribution >= 0.6 is 11.6 Å². The lowest BCUT2D eigenvalue weighted by molar-refractivity contribution is -0.384. The topological polar surface area (TPSA) is 114 Å². The first-order valence-corrected chi connectivity index (χ1v) is 11.4. The molecule has 0 aliphatic carbocycles. The minimum Gasteiger partial charge on any atom is -0.280 e. The molecule has 0 radical (unpaired) electrons. The number of hydrogen-bond donors (Lipinski definition) is 2. The Kier molecular flexibility index (Phi) is 6.81. The van der Waals surface area contributed by atoms with Crippen molar-refractivity contribution in [3.8, 4) is 0 Å². The van der Waals surface area contributed by atoms with Crippen molar-refractivity contribution < 1.29 is 13.3 Å². The summed E-state index contributed by atoms with van der Waals surface area (Å²) in [5, 5.41) is 16.3. The van der Waals surface area contributed by atoms with Crippen molar-refractivity contribution in [3.63, 3.8) is 0 Å². The van der Waals surface area contributed by atoms with Crippen molar-refractivity contribution in [3.05, 3.63) is 92.5 Å². The Morgan fingerprint density at radius 3 is 2.31 bits per heavy atom. The molecular weight excluding hydrogens is 452 g/mol. The highest BCUT2D eigenvalue weighted by molar-refractivity contribution is 7.92. The predicted octanol–water partition coefficient (Wildman–Crippen LogP) is 5.50. The van der Waals surface area contributed by atoms with Gasteiger partial charge < -0.3 is 0 Å². The van der Waals surface area contributed by atoms with Gasteiger partial charge in [0.2, 0.25) is 0 Å². The Morgan fingerprint density at radius 1 is 1.00 bits per heavy atom. The van der Waals surface area contributed by atoms with E-state index in [-0.39, 0.29) is 16.3 Å². The van der Waals surface area contributed by atoms with Crippen molar-refractivity contribution in [1.82, 2.24) is 0 Å². The lowest BCUT2D eigenvalue weighted by Gasteiger charge is -2.10. The number of anilines is 2. The summed E-state index contributed by atoms with van der Waals surface area (Å²) in [7, 11) is -4.04. The van der Waals surface area contributed by atoms with Gasteiger partial charge in [0.15, 0.2) is 0 Å². The van der Waals surface area contributed by atoms with Gasteiger partial charge in [-0.1, -0.05) is 23.7 Å². The molecule has 0 saturated carbocycles. The SMILES string of the molecule is CC(=NNc1ccc(S(=O)(=O)Nc2ccc(Cl)cc2)cc1[N+](=O)[O-])c1ccc(C)c(C)c1. The summed E-state index contributed by atoms with van der Waals surface area (Å²) < 4.78 is 27.7. The molecule has 32 heavy (non-hydrogen) atoms. The molecule has 0 saturated heterocycles. The van der Waals surface area contributed by atoms with Crippen LogP contribution in [-0.4, -0.2) is 19.1 Å². The third-order valence-corrected chi connectivity index (χ3v) is 6.47. The van der Waals surface area contributed by atoms with Crippen LogP contribution in [0.3, 0.4) is 0 Å². The van der Waals surface area contributed by atoms with Crippen molar-refractivity contribution in [2.24, 2.45) is 5.10 Å². The number of nitrogens with zero attached hydrogens (tertiary/aromatic N) is 2. The van der Waals surface area contributed by atoms with Crippen LogP contribution in [-0.2, 0) is 10.0 Å². The third-order valence-electron chi connectivity index (χ3n) is 4.84. The minimum atomic E-state index is -4.04. The quantitative estimate of drug-likeness (QED) is 0.267. The first kappa shape index (κ1) is 23.2. The second-order valence-corrected chi connectivity index (χ2v) is 9.28. The van der Waals surface area contributed by atoms with Gasteiger partial charge in [-0.2, -0.15) is 5.10 Å². The number of halogens is 1. The number of nitrogens with one attached hydrogen (secondary N) is 2. The van der Waals surface area contributed by atoms with E-state index in [9.17, 15) is 18.5 Å². The van der Waals surface area contributed by atoms with Crippen LogP contribution in [0.2, 0.25) is 5.02 Å². The first-order chi connectivity index (χ1) is 15.1. The average Bonchev–Trinajstić information content (AvgIpc) is 2.75. The van der Waals surface area contributed by atoms with Crippen molar-refractivity contribution in [1.29, 1.82) is 0 Å². The second kappa shape index (κ2) is 9.37. The zero-order chi connectivity index (χ0) is 23.5. The number of benzene rings is 3. The maximum atomic E-state index is 12.7. The first-order valence-electron chi connectivity index (χ1n) is 9.51. The molecule has 3 rings (SSSR count). The molecule has 3 aromatic rings. The molecule has 3 aromatic carbocycles. The van der Waals surface area contributed by atoms with E-state index in [0.717, 1.165) is 22.8 Å². The Morgan fingerprint density at radius 2 is 1.69 bits per heavy atom. The Bertz CT molecular complexity index is 1310. The van der Waals surface area contributed by atoms with Crippen molar-refractivity contribution in [2.45, 2.75) is 25.7 Å². The highest BCUT2D eigenvalue weighted by Crippen LogP contribution is 2.29. The van der Waals surface area contributed by atoms with Gasteiger partial charge in [0.1, 0.15) is 5.69 Å². The van der Waals surface area contributed by atoms with E-state index < -0.39 is 20.6 Å². The standard InChI is InChI=1S/C22H21ClN4O4S/c1-14-4-5-17(12-15(14)2)16(3)24-25-21-11-10-20(13-22(21)27(28)29)32(30,31)26-19-8-6-18(23)7-9-19/h4-13,25-26H,1-3H3. The maximum Gasteiger partial charge on any atom is 0.295 e. The van der Waals surface area contributed by atoms with Gasteiger partial charge in [-0.15, -0.1) is 0 Å². The molecule has 8 nitrogen and oxygen atoms in total. The predicted molar refractivity (Wildman–Crippen MR) is 127 cm³/mol. The van der Waals surface area contributed by atoms with Crippen LogP contribution < -0.4 is 10.1 Å². The largest absolute Gasteiger partial charge is 0.295 e. The molecule has 0 atom stereocenters. The fourth-order valence-corrected chi connectivity index (χ4v) is 4.04. The van der Waals surface area contributed by atoms with Gasteiger partial charge >= 0.3 is 0 Å². The van der Waals surface area contributed by atoms with E-state index in [4.69, 9.17) is 11.6 Å². The highest BCUT2D eigenvalue weighted by atomic mass is 35.5. The van der Waals surface area contributed by atoms with E-state index in [1.54, 1.807) is 6.92 Å². The van der Waals surface area contributed by atoms with Gasteiger partial charge in [0.25, 0.3) is 15.7 Å². The molecule has 0 fully saturated rings. The highest BCUT2D eigenvalue weighted by Gasteiger charge is 2.21. The lowest BCUT2D eigenvalue weighted by atomic mass is 10.0. The molecule has 0 heterocycles. The molecule has 0 amide bonds. The summed E-state index contributed by atoms with van der Waals surface area (Å²) in [6, 6.07) is 15.5. The number of aryl methyl sites for hydroxylation is 2. The molecule has 0 aliphatic rings. The summed E-state index contributed by atoms with van der Waals surface area (Å²) in [6.45, 7) is 5.77. The van der Waals surface area contributed by atoms with Crippen LogP contribution in [0.4, 0.5) is 17.1 Å². The second-order valence-electron chi connectivity index (χ2n) is 7.16. The number of hydrazone groups is 1. The van der Waals surface area contributed by atoms with Crippen LogP contribution in [0.15, 0.2) is 70.7 Å². The Balaban J connectivity index is 1.87. The van der Waals surface area contributed by atoms with Crippen molar-refractivity contribution in [2.75, 3.05) is 10.1 Å². The molecule has 0 bridgehead atoms. The van der Waals surface area contributed by atoms with E-state index in [1.165, 1.54) is 36.4 Å². The zero-order valence-electron chi connectivity index (χ0n) is 17.6. The monoisotopic (exact) mass is 472 g/mol. The minimum absolute atomic E-state index is 0.0728. The summed E-state index contributed by atoms with van der Waals surface area (Å²) in [5.41, 5.74) is 6.37. The van der Waals surface area contributed by atoms with Crippen LogP contribution in [0.1, 0.15) is 23.6 Å². The van der Waals surface area contributed by atoms with Gasteiger partial charge in [0.05, 0.1) is 15.5 Å².